The molecule has 4 aliphatic heterocycles. The number of urea groups is 2. The minimum Gasteiger partial charge on any atom is -0.494 e. The normalized spacial score (nSPS) is 14.5. The molecular weight excluding hydrogens is 1360 g/mol. The predicted molar refractivity (Wildman–Crippen MR) is 316 cm³/mol. The number of carbonyl (C=O) groups excluding carboxylic acids is 2. The molecule has 4 amide bonds. The molecule has 0 aliphatic carbocycles. The standard InChI is InChI=1S/2C19H18N4O.2C13H11N2.2Pt/c2*1-20-13-17-18(21(2)19(20)24)23(16-11-7-4-8-12-16)14-22(17)15-9-5-3-6-10-15;2*1-3-7-12(8-4-1)14-11-15-13-9-5-2-6-10-13;;/h2*3-9,11-12,14H,13H2,1-2H3;2*1-11H;;/q2*-2;2*-1;;. The summed E-state index contributed by atoms with van der Waals surface area (Å²) in [6, 6.07) is 81.4. The van der Waals surface area contributed by atoms with Crippen LogP contribution in [0.4, 0.5) is 55.1 Å². The van der Waals surface area contributed by atoms with Crippen LogP contribution in [0.25, 0.3) is 10.6 Å². The van der Waals surface area contributed by atoms with E-state index in [-0.39, 0.29) is 54.2 Å². The van der Waals surface area contributed by atoms with Gasteiger partial charge in [-0.1, -0.05) is 170 Å². The molecule has 14 nitrogen and oxygen atoms in total. The molecule has 4 aliphatic rings. The fourth-order valence-electron chi connectivity index (χ4n) is 8.67. The molecule has 0 aromatic heterocycles. The second-order valence-electron chi connectivity index (χ2n) is 17.9. The summed E-state index contributed by atoms with van der Waals surface area (Å²) in [5, 5.41) is 8.42. The number of benzene rings is 8. The number of anilines is 4. The Bertz CT molecular complexity index is 3090. The smallest absolute Gasteiger partial charge is 0.325 e. The molecule has 0 radical (unpaired) electrons. The average molecular weight is 1420 g/mol. The zero-order valence-corrected chi connectivity index (χ0v) is 49.0. The Morgan fingerprint density at radius 3 is 1.05 bits per heavy atom. The van der Waals surface area contributed by atoms with Crippen molar-refractivity contribution < 1.29 is 51.7 Å². The maximum atomic E-state index is 12.4. The summed E-state index contributed by atoms with van der Waals surface area (Å²) >= 11 is 0. The summed E-state index contributed by atoms with van der Waals surface area (Å²) in [6.07, 6.45) is 3.15. The minimum atomic E-state index is -0.0121. The SMILES string of the molecule is C(=Nc1ccccc1)[N-]c1ccccc1.C(=Nc1ccccc1)[N-]c1ccccc1.CN1CC2=C(N(C)C1=O)N(c1ccccc1)[CH-]N2c1[c-]cccc1.CN1CC2=C(N(C)C1=O)N(c1ccccc1)[CH-]N2c1[c-]cccc1.[Pt].[Pt]. The van der Waals surface area contributed by atoms with Crippen molar-refractivity contribution in [3.63, 3.8) is 0 Å². The first-order valence-electron chi connectivity index (χ1n) is 25.2. The molecule has 0 spiro atoms. The summed E-state index contributed by atoms with van der Waals surface area (Å²) in [5.41, 5.74) is 9.74. The van der Waals surface area contributed by atoms with Crippen LogP contribution in [0.3, 0.4) is 0 Å². The largest absolute Gasteiger partial charge is 0.494 e. The van der Waals surface area contributed by atoms with Gasteiger partial charge in [-0.2, -0.15) is 60.7 Å². The molecule has 0 atom stereocenters. The molecule has 0 N–H and O–H groups in total. The topological polar surface area (TPSA) is 113 Å². The summed E-state index contributed by atoms with van der Waals surface area (Å²) in [4.78, 5) is 48.4. The zero-order valence-electron chi connectivity index (χ0n) is 44.5. The summed E-state index contributed by atoms with van der Waals surface area (Å²) in [7, 11) is 7.27. The van der Waals surface area contributed by atoms with E-state index >= 15 is 0 Å². The first-order valence-corrected chi connectivity index (χ1v) is 25.2. The van der Waals surface area contributed by atoms with Gasteiger partial charge in [-0.15, -0.1) is 24.7 Å². The van der Waals surface area contributed by atoms with Crippen LogP contribution >= 0.6 is 0 Å². The van der Waals surface area contributed by atoms with Gasteiger partial charge in [-0.25, -0.2) is 9.59 Å². The quantitative estimate of drug-likeness (QED) is 0.0766. The number of para-hydroxylation sites is 8. The molecule has 16 heteroatoms. The molecule has 0 unspecified atom stereocenters. The van der Waals surface area contributed by atoms with Crippen LogP contribution in [0.15, 0.2) is 264 Å². The van der Waals surface area contributed by atoms with Crippen LogP contribution in [-0.4, -0.2) is 85.6 Å². The number of aliphatic imine (C=N–C) groups is 2. The second-order valence-corrected chi connectivity index (χ2v) is 17.9. The van der Waals surface area contributed by atoms with E-state index in [0.717, 1.165) is 68.5 Å². The van der Waals surface area contributed by atoms with Crippen molar-refractivity contribution in [1.29, 1.82) is 0 Å². The van der Waals surface area contributed by atoms with Gasteiger partial charge in [0.1, 0.15) is 11.6 Å². The molecule has 0 saturated heterocycles. The number of hydrogen-bond acceptors (Lipinski definition) is 8. The van der Waals surface area contributed by atoms with E-state index in [9.17, 15) is 9.59 Å². The van der Waals surface area contributed by atoms with Crippen molar-refractivity contribution in [3.05, 3.63) is 290 Å². The summed E-state index contributed by atoms with van der Waals surface area (Å²) < 4.78 is 0. The number of rotatable bonds is 10. The Kier molecular flexibility index (Phi) is 21.6. The number of likely N-dealkylation sites (N-methyl/N-ethyl adjacent to an activating group) is 2. The Balaban J connectivity index is 0.000000157. The Hall–Kier alpha value is -8.70. The minimum absolute atomic E-state index is 0. The van der Waals surface area contributed by atoms with E-state index in [1.165, 1.54) is 0 Å². The molecule has 8 aromatic carbocycles. The molecule has 80 heavy (non-hydrogen) atoms. The van der Waals surface area contributed by atoms with Gasteiger partial charge >= 0.3 is 12.1 Å². The van der Waals surface area contributed by atoms with Gasteiger partial charge in [0.25, 0.3) is 0 Å². The van der Waals surface area contributed by atoms with Crippen molar-refractivity contribution in [2.75, 3.05) is 60.9 Å². The van der Waals surface area contributed by atoms with E-state index in [1.807, 2.05) is 272 Å². The van der Waals surface area contributed by atoms with Crippen LogP contribution < -0.4 is 19.6 Å². The van der Waals surface area contributed by atoms with Crippen LogP contribution in [0, 0.1) is 25.5 Å². The van der Waals surface area contributed by atoms with Gasteiger partial charge in [0.05, 0.1) is 13.1 Å². The van der Waals surface area contributed by atoms with Gasteiger partial charge < -0.3 is 50.0 Å². The first kappa shape index (κ1) is 59.0. The second kappa shape index (κ2) is 29.3. The third-order valence-corrected chi connectivity index (χ3v) is 12.5. The van der Waals surface area contributed by atoms with E-state index in [1.54, 1.807) is 32.3 Å². The third-order valence-electron chi connectivity index (χ3n) is 12.5. The monoisotopic (exact) mass is 1420 g/mol. The average Bonchev–Trinajstić information content (AvgIpc) is 4.14. The fourth-order valence-corrected chi connectivity index (χ4v) is 8.67. The molecule has 12 rings (SSSR count). The molecular formula is C64H58N12O2Pt2-6. The third kappa shape index (κ3) is 14.9. The van der Waals surface area contributed by atoms with Crippen molar-refractivity contribution in [2.24, 2.45) is 9.98 Å². The van der Waals surface area contributed by atoms with Crippen LogP contribution in [0.2, 0.25) is 0 Å². The van der Waals surface area contributed by atoms with Gasteiger partial charge in [-0.3, -0.25) is 9.80 Å². The van der Waals surface area contributed by atoms with Crippen molar-refractivity contribution in [1.82, 2.24) is 19.6 Å². The maximum Gasteiger partial charge on any atom is 0.325 e. The molecule has 8 aromatic rings. The van der Waals surface area contributed by atoms with Crippen LogP contribution in [0.1, 0.15) is 0 Å². The first-order chi connectivity index (χ1) is 38.2. The van der Waals surface area contributed by atoms with Gasteiger partial charge in [0, 0.05) is 93.1 Å². The molecule has 0 bridgehead atoms. The summed E-state index contributed by atoms with van der Waals surface area (Å²) in [6.45, 7) is 5.16. The predicted octanol–water partition coefficient (Wildman–Crippen LogP) is 14.3. The van der Waals surface area contributed by atoms with Gasteiger partial charge in [0.15, 0.2) is 0 Å². The van der Waals surface area contributed by atoms with E-state index < -0.39 is 0 Å². The fraction of sp³-hybridized carbons (Fsp3) is 0.0938. The van der Waals surface area contributed by atoms with Gasteiger partial charge in [0.2, 0.25) is 0 Å². The van der Waals surface area contributed by atoms with Crippen LogP contribution in [0.5, 0.6) is 0 Å². The molecule has 0 saturated carbocycles. The Labute approximate surface area is 498 Å². The number of carbonyl (C=O) groups is 2. The zero-order chi connectivity index (χ0) is 54.1. The van der Waals surface area contributed by atoms with Crippen molar-refractivity contribution in [2.45, 2.75) is 0 Å². The maximum absolute atomic E-state index is 12.4. The molecule has 412 valence electrons. The Morgan fingerprint density at radius 2 is 0.725 bits per heavy atom. The number of nitrogens with zero attached hydrogens (tertiary/aromatic N) is 12. The van der Waals surface area contributed by atoms with Crippen LogP contribution in [-0.2, 0) is 42.1 Å². The van der Waals surface area contributed by atoms with Crippen molar-refractivity contribution in [3.8, 4) is 0 Å². The Morgan fingerprint density at radius 1 is 0.412 bits per heavy atom. The number of hydrogen-bond donors (Lipinski definition) is 0. The molecule has 4 heterocycles. The number of amides is 4. The van der Waals surface area contributed by atoms with E-state index in [2.05, 4.69) is 52.4 Å². The van der Waals surface area contributed by atoms with Gasteiger partial charge in [-0.05, 0) is 47.0 Å². The van der Waals surface area contributed by atoms with E-state index in [0.29, 0.717) is 13.1 Å². The van der Waals surface area contributed by atoms with E-state index in [4.69, 9.17) is 0 Å². The molecule has 0 fully saturated rings. The van der Waals surface area contributed by atoms with Crippen molar-refractivity contribution >= 4 is 70.2 Å². The summed E-state index contributed by atoms with van der Waals surface area (Å²) in [5.74, 6) is 1.78.